The highest BCUT2D eigenvalue weighted by molar-refractivity contribution is 6.31. The van der Waals surface area contributed by atoms with E-state index in [9.17, 15) is 9.59 Å². The molecule has 32 heavy (non-hydrogen) atoms. The summed E-state index contributed by atoms with van der Waals surface area (Å²) in [5.41, 5.74) is 9.36. The van der Waals surface area contributed by atoms with Crippen molar-refractivity contribution in [3.63, 3.8) is 0 Å². The standard InChI is InChI=1S/C24H24ClN3O4/c1-16-21(17(2)28(27-16)13-19-7-3-4-9-22(19)25)10-11-24(30)32-14-18-6-5-8-20(12-18)31-15-23(26)29/h3-12H,13-15H2,1-2H3,(H2,26,29)/b11-10+. The molecule has 0 atom stereocenters. The molecule has 2 N–H and O–H groups in total. The van der Waals surface area contributed by atoms with E-state index in [4.69, 9.17) is 26.8 Å². The predicted molar refractivity (Wildman–Crippen MR) is 122 cm³/mol. The number of aryl methyl sites for hydroxylation is 1. The maximum absolute atomic E-state index is 12.2. The Bertz CT molecular complexity index is 1150. The molecule has 0 aliphatic carbocycles. The number of primary amides is 1. The Kier molecular flexibility index (Phi) is 7.68. The molecule has 0 unspecified atom stereocenters. The molecule has 0 fully saturated rings. The first-order valence-corrected chi connectivity index (χ1v) is 10.3. The Balaban J connectivity index is 1.61. The molecule has 0 spiro atoms. The number of hydrogen-bond donors (Lipinski definition) is 1. The van der Waals surface area contributed by atoms with Gasteiger partial charge in [0.25, 0.3) is 5.91 Å². The number of benzene rings is 2. The van der Waals surface area contributed by atoms with E-state index in [1.807, 2.05) is 42.8 Å². The van der Waals surface area contributed by atoms with Gasteiger partial charge in [-0.3, -0.25) is 9.48 Å². The van der Waals surface area contributed by atoms with Crippen LogP contribution in [0.3, 0.4) is 0 Å². The summed E-state index contributed by atoms with van der Waals surface area (Å²) < 4.78 is 12.4. The van der Waals surface area contributed by atoms with Crippen molar-refractivity contribution in [1.82, 2.24) is 9.78 Å². The van der Waals surface area contributed by atoms with Gasteiger partial charge in [0.1, 0.15) is 12.4 Å². The third-order valence-corrected chi connectivity index (χ3v) is 5.13. The lowest BCUT2D eigenvalue weighted by molar-refractivity contribution is -0.138. The molecule has 1 amide bonds. The average molecular weight is 454 g/mol. The molecule has 0 bridgehead atoms. The van der Waals surface area contributed by atoms with Gasteiger partial charge in [-0.1, -0.05) is 41.9 Å². The van der Waals surface area contributed by atoms with E-state index >= 15 is 0 Å². The molecular weight excluding hydrogens is 430 g/mol. The highest BCUT2D eigenvalue weighted by Crippen LogP contribution is 2.20. The van der Waals surface area contributed by atoms with Crippen LogP contribution in [0, 0.1) is 13.8 Å². The number of ether oxygens (including phenoxy) is 2. The van der Waals surface area contributed by atoms with Crippen molar-refractivity contribution >= 4 is 29.6 Å². The first-order chi connectivity index (χ1) is 15.3. The molecule has 0 radical (unpaired) electrons. The number of nitrogens with zero attached hydrogens (tertiary/aromatic N) is 2. The van der Waals surface area contributed by atoms with E-state index in [1.165, 1.54) is 6.08 Å². The zero-order chi connectivity index (χ0) is 23.1. The van der Waals surface area contributed by atoms with E-state index in [-0.39, 0.29) is 13.2 Å². The molecule has 0 saturated heterocycles. The Morgan fingerprint density at radius 1 is 1.16 bits per heavy atom. The van der Waals surface area contributed by atoms with Crippen LogP contribution in [-0.2, 0) is 27.5 Å². The van der Waals surface area contributed by atoms with Gasteiger partial charge in [-0.25, -0.2) is 4.79 Å². The Morgan fingerprint density at radius 3 is 2.69 bits per heavy atom. The van der Waals surface area contributed by atoms with Crippen LogP contribution < -0.4 is 10.5 Å². The third kappa shape index (κ3) is 6.21. The quantitative estimate of drug-likeness (QED) is 0.392. The topological polar surface area (TPSA) is 96.4 Å². The molecule has 7 nitrogen and oxygen atoms in total. The van der Waals surface area contributed by atoms with Gasteiger partial charge in [0.2, 0.25) is 0 Å². The second-order valence-electron chi connectivity index (χ2n) is 7.18. The van der Waals surface area contributed by atoms with Crippen molar-refractivity contribution in [3.05, 3.63) is 87.7 Å². The fraction of sp³-hybridized carbons (Fsp3) is 0.208. The largest absolute Gasteiger partial charge is 0.484 e. The summed E-state index contributed by atoms with van der Waals surface area (Å²) in [7, 11) is 0. The van der Waals surface area contributed by atoms with Crippen molar-refractivity contribution in [2.24, 2.45) is 5.73 Å². The van der Waals surface area contributed by atoms with Gasteiger partial charge >= 0.3 is 5.97 Å². The zero-order valence-electron chi connectivity index (χ0n) is 17.9. The predicted octanol–water partition coefficient (Wildman–Crippen LogP) is 3.82. The number of nitrogens with two attached hydrogens (primary N) is 1. The Hall–Kier alpha value is -3.58. The molecule has 8 heteroatoms. The molecule has 0 aliphatic rings. The van der Waals surface area contributed by atoms with Crippen LogP contribution >= 0.6 is 11.6 Å². The van der Waals surface area contributed by atoms with Crippen LogP contribution in [0.15, 0.2) is 54.6 Å². The second kappa shape index (κ2) is 10.6. The number of esters is 1. The van der Waals surface area contributed by atoms with Crippen LogP contribution in [0.2, 0.25) is 5.02 Å². The number of amides is 1. The number of aromatic nitrogens is 2. The number of carbonyl (C=O) groups excluding carboxylic acids is 2. The summed E-state index contributed by atoms with van der Waals surface area (Å²) in [4.78, 5) is 23.0. The van der Waals surface area contributed by atoms with Crippen LogP contribution in [0.5, 0.6) is 5.75 Å². The molecular formula is C24H24ClN3O4. The minimum Gasteiger partial charge on any atom is -0.484 e. The third-order valence-electron chi connectivity index (χ3n) is 4.76. The highest BCUT2D eigenvalue weighted by Gasteiger charge is 2.11. The van der Waals surface area contributed by atoms with E-state index in [1.54, 1.807) is 30.3 Å². The van der Waals surface area contributed by atoms with Crippen LogP contribution in [0.1, 0.15) is 28.1 Å². The minimum absolute atomic E-state index is 0.0701. The molecule has 3 aromatic rings. The van der Waals surface area contributed by atoms with Crippen LogP contribution in [0.4, 0.5) is 0 Å². The average Bonchev–Trinajstić information content (AvgIpc) is 3.03. The van der Waals surface area contributed by atoms with Crippen molar-refractivity contribution in [2.45, 2.75) is 27.0 Å². The number of halogens is 1. The van der Waals surface area contributed by atoms with Gasteiger partial charge < -0.3 is 15.2 Å². The van der Waals surface area contributed by atoms with Crippen LogP contribution in [-0.4, -0.2) is 28.3 Å². The molecule has 0 saturated carbocycles. The normalized spacial score (nSPS) is 11.0. The second-order valence-corrected chi connectivity index (χ2v) is 7.58. The van der Waals surface area contributed by atoms with Gasteiger partial charge in [-0.15, -0.1) is 0 Å². The van der Waals surface area contributed by atoms with E-state index in [0.717, 1.165) is 28.1 Å². The number of carbonyl (C=O) groups is 2. The van der Waals surface area contributed by atoms with Crippen molar-refractivity contribution < 1.29 is 19.1 Å². The van der Waals surface area contributed by atoms with Gasteiger partial charge in [-0.05, 0) is 49.2 Å². The van der Waals surface area contributed by atoms with Crippen molar-refractivity contribution in [2.75, 3.05) is 6.61 Å². The Morgan fingerprint density at radius 2 is 1.94 bits per heavy atom. The maximum atomic E-state index is 12.2. The number of hydrogen-bond acceptors (Lipinski definition) is 5. The SMILES string of the molecule is Cc1nn(Cc2ccccc2Cl)c(C)c1/C=C/C(=O)OCc1cccc(OCC(N)=O)c1. The van der Waals surface area contributed by atoms with Gasteiger partial charge in [0.05, 0.1) is 12.2 Å². The van der Waals surface area contributed by atoms with Gasteiger partial charge in [0, 0.05) is 22.4 Å². The first kappa shape index (κ1) is 23.1. The molecule has 3 rings (SSSR count). The Labute approximate surface area is 191 Å². The van der Waals surface area contributed by atoms with E-state index in [2.05, 4.69) is 5.10 Å². The fourth-order valence-corrected chi connectivity index (χ4v) is 3.32. The van der Waals surface area contributed by atoms with Gasteiger partial charge in [-0.2, -0.15) is 5.10 Å². The molecule has 0 aliphatic heterocycles. The smallest absolute Gasteiger partial charge is 0.331 e. The molecule has 1 aromatic heterocycles. The van der Waals surface area contributed by atoms with E-state index < -0.39 is 11.9 Å². The summed E-state index contributed by atoms with van der Waals surface area (Å²) in [6.07, 6.45) is 3.08. The molecule has 1 heterocycles. The maximum Gasteiger partial charge on any atom is 0.331 e. The summed E-state index contributed by atoms with van der Waals surface area (Å²) in [6.45, 7) is 4.23. The summed E-state index contributed by atoms with van der Waals surface area (Å²) in [6, 6.07) is 14.5. The van der Waals surface area contributed by atoms with Gasteiger partial charge in [0.15, 0.2) is 6.61 Å². The fourth-order valence-electron chi connectivity index (χ4n) is 3.13. The van der Waals surface area contributed by atoms with E-state index in [0.29, 0.717) is 17.3 Å². The lowest BCUT2D eigenvalue weighted by Gasteiger charge is -2.07. The number of rotatable bonds is 9. The van der Waals surface area contributed by atoms with Crippen LogP contribution in [0.25, 0.3) is 6.08 Å². The monoisotopic (exact) mass is 453 g/mol. The molecule has 166 valence electrons. The lowest BCUT2D eigenvalue weighted by atomic mass is 10.1. The zero-order valence-corrected chi connectivity index (χ0v) is 18.6. The first-order valence-electron chi connectivity index (χ1n) is 9.96. The molecule has 2 aromatic carbocycles. The highest BCUT2D eigenvalue weighted by atomic mass is 35.5. The summed E-state index contributed by atoms with van der Waals surface area (Å²) in [5.74, 6) is -0.566. The minimum atomic E-state index is -0.562. The van der Waals surface area contributed by atoms with Crippen molar-refractivity contribution in [3.8, 4) is 5.75 Å². The summed E-state index contributed by atoms with van der Waals surface area (Å²) in [5, 5.41) is 5.25. The summed E-state index contributed by atoms with van der Waals surface area (Å²) >= 11 is 6.26. The van der Waals surface area contributed by atoms with Crippen molar-refractivity contribution in [1.29, 1.82) is 0 Å². The lowest BCUT2D eigenvalue weighted by Crippen LogP contribution is -2.20.